The molecule has 0 spiro atoms. The maximum absolute atomic E-state index is 12.5. The van der Waals surface area contributed by atoms with Crippen LogP contribution in [-0.2, 0) is 7.05 Å². The van der Waals surface area contributed by atoms with Crippen LogP contribution in [0.25, 0.3) is 0 Å². The van der Waals surface area contributed by atoms with E-state index in [9.17, 15) is 4.79 Å². The van der Waals surface area contributed by atoms with Crippen LogP contribution in [-0.4, -0.2) is 15.6 Å². The standard InChI is InChI=1S/C12H13BrN2O2/c1-6-7(2)17-8(3)10(6)12(16)11-9(13)5-14-15(11)4/h5H,1-4H3. The number of halogens is 1. The predicted octanol–water partition coefficient (Wildman–Crippen LogP) is 2.93. The molecule has 2 aromatic rings. The van der Waals surface area contributed by atoms with E-state index in [1.54, 1.807) is 24.9 Å². The molecule has 2 rings (SSSR count). The molecule has 0 saturated heterocycles. The molecule has 4 nitrogen and oxygen atoms in total. The fraction of sp³-hybridized carbons (Fsp3) is 0.333. The Labute approximate surface area is 108 Å². The van der Waals surface area contributed by atoms with E-state index >= 15 is 0 Å². The highest BCUT2D eigenvalue weighted by Gasteiger charge is 2.24. The van der Waals surface area contributed by atoms with Gasteiger partial charge in [0.2, 0.25) is 5.78 Å². The Kier molecular flexibility index (Phi) is 2.95. The molecule has 0 aliphatic rings. The molecule has 5 heteroatoms. The minimum absolute atomic E-state index is 0.0660. The Morgan fingerprint density at radius 2 is 2.00 bits per heavy atom. The van der Waals surface area contributed by atoms with Crippen LogP contribution < -0.4 is 0 Å². The van der Waals surface area contributed by atoms with Crippen molar-refractivity contribution < 1.29 is 9.21 Å². The topological polar surface area (TPSA) is 48.0 Å². The van der Waals surface area contributed by atoms with Crippen molar-refractivity contribution in [2.24, 2.45) is 7.05 Å². The second kappa shape index (κ2) is 4.14. The molecule has 0 atom stereocenters. The summed E-state index contributed by atoms with van der Waals surface area (Å²) in [4.78, 5) is 12.5. The Bertz CT molecular complexity index is 576. The lowest BCUT2D eigenvalue weighted by molar-refractivity contribution is 0.102. The summed E-state index contributed by atoms with van der Waals surface area (Å²) in [6, 6.07) is 0. The van der Waals surface area contributed by atoms with Crippen LogP contribution in [0.5, 0.6) is 0 Å². The lowest BCUT2D eigenvalue weighted by atomic mass is 10.0. The zero-order chi connectivity index (χ0) is 12.7. The van der Waals surface area contributed by atoms with E-state index in [1.165, 1.54) is 0 Å². The zero-order valence-corrected chi connectivity index (χ0v) is 11.8. The highest BCUT2D eigenvalue weighted by Crippen LogP contribution is 2.26. The number of aryl methyl sites for hydroxylation is 3. The van der Waals surface area contributed by atoms with Crippen molar-refractivity contribution in [3.8, 4) is 0 Å². The number of carbonyl (C=O) groups excluding carboxylic acids is 1. The highest BCUT2D eigenvalue weighted by molar-refractivity contribution is 9.10. The summed E-state index contributed by atoms with van der Waals surface area (Å²) in [6.07, 6.45) is 1.62. The van der Waals surface area contributed by atoms with Gasteiger partial charge >= 0.3 is 0 Å². The van der Waals surface area contributed by atoms with E-state index in [-0.39, 0.29) is 5.78 Å². The van der Waals surface area contributed by atoms with Crippen LogP contribution >= 0.6 is 15.9 Å². The summed E-state index contributed by atoms with van der Waals surface area (Å²) >= 11 is 3.34. The average molecular weight is 297 g/mol. The first-order chi connectivity index (χ1) is 7.93. The van der Waals surface area contributed by atoms with E-state index < -0.39 is 0 Å². The van der Waals surface area contributed by atoms with Crippen LogP contribution in [0, 0.1) is 20.8 Å². The number of hydrogen-bond acceptors (Lipinski definition) is 3. The lowest BCUT2D eigenvalue weighted by Gasteiger charge is -2.02. The fourth-order valence-corrected chi connectivity index (χ4v) is 2.44. The molecule has 2 aromatic heterocycles. The van der Waals surface area contributed by atoms with E-state index in [2.05, 4.69) is 21.0 Å². The first kappa shape index (κ1) is 12.1. The van der Waals surface area contributed by atoms with Crippen LogP contribution in [0.4, 0.5) is 0 Å². The van der Waals surface area contributed by atoms with Gasteiger partial charge in [-0.3, -0.25) is 9.48 Å². The van der Waals surface area contributed by atoms with Crippen molar-refractivity contribution in [2.75, 3.05) is 0 Å². The molecule has 0 radical (unpaired) electrons. The van der Waals surface area contributed by atoms with E-state index in [4.69, 9.17) is 4.42 Å². The van der Waals surface area contributed by atoms with Gasteiger partial charge in [-0.25, -0.2) is 0 Å². The van der Waals surface area contributed by atoms with Gasteiger partial charge in [-0.15, -0.1) is 0 Å². The second-order valence-electron chi connectivity index (χ2n) is 4.01. The summed E-state index contributed by atoms with van der Waals surface area (Å²) in [5.41, 5.74) is 2.06. The van der Waals surface area contributed by atoms with Crippen LogP contribution in [0.1, 0.15) is 33.1 Å². The Morgan fingerprint density at radius 3 is 2.41 bits per heavy atom. The number of furan rings is 1. The normalized spacial score (nSPS) is 10.9. The van der Waals surface area contributed by atoms with Gasteiger partial charge in [0.05, 0.1) is 16.2 Å². The third-order valence-corrected chi connectivity index (χ3v) is 3.48. The zero-order valence-electron chi connectivity index (χ0n) is 10.2. The lowest BCUT2D eigenvalue weighted by Crippen LogP contribution is -2.10. The Balaban J connectivity index is 2.59. The van der Waals surface area contributed by atoms with Gasteiger partial charge < -0.3 is 4.42 Å². The monoisotopic (exact) mass is 296 g/mol. The van der Waals surface area contributed by atoms with Gasteiger partial charge in [0.25, 0.3) is 0 Å². The second-order valence-corrected chi connectivity index (χ2v) is 4.86. The SMILES string of the molecule is Cc1oc(C)c(C(=O)c2c(Br)cnn2C)c1C. The first-order valence-corrected chi connectivity index (χ1v) is 6.01. The number of carbonyl (C=O) groups is 1. The van der Waals surface area contributed by atoms with Crippen molar-refractivity contribution in [1.29, 1.82) is 0 Å². The minimum Gasteiger partial charge on any atom is -0.466 e. The summed E-state index contributed by atoms with van der Waals surface area (Å²) in [5.74, 6) is 1.37. The van der Waals surface area contributed by atoms with Gasteiger partial charge in [-0.1, -0.05) is 0 Å². The third kappa shape index (κ3) is 1.84. The van der Waals surface area contributed by atoms with Crippen molar-refractivity contribution >= 4 is 21.7 Å². The van der Waals surface area contributed by atoms with Crippen LogP contribution in [0.2, 0.25) is 0 Å². The molecule has 0 unspecified atom stereocenters. The van der Waals surface area contributed by atoms with Crippen molar-refractivity contribution in [3.05, 3.63) is 39.0 Å². The van der Waals surface area contributed by atoms with E-state index in [1.807, 2.05) is 13.8 Å². The molecule has 0 aromatic carbocycles. The van der Waals surface area contributed by atoms with E-state index in [0.29, 0.717) is 21.5 Å². The smallest absolute Gasteiger partial charge is 0.215 e. The molecule has 0 bridgehead atoms. The molecule has 0 saturated carbocycles. The molecule has 17 heavy (non-hydrogen) atoms. The molecule has 0 aliphatic carbocycles. The van der Waals surface area contributed by atoms with Crippen LogP contribution in [0.3, 0.4) is 0 Å². The summed E-state index contributed by atoms with van der Waals surface area (Å²) in [7, 11) is 1.75. The van der Waals surface area contributed by atoms with Gasteiger partial charge in [0, 0.05) is 12.6 Å². The van der Waals surface area contributed by atoms with Gasteiger partial charge in [-0.2, -0.15) is 5.10 Å². The van der Waals surface area contributed by atoms with Gasteiger partial charge in [0.1, 0.15) is 17.2 Å². The summed E-state index contributed by atoms with van der Waals surface area (Å²) in [6.45, 7) is 5.55. The molecule has 0 aliphatic heterocycles. The van der Waals surface area contributed by atoms with Crippen LogP contribution in [0.15, 0.2) is 15.1 Å². The molecule has 0 N–H and O–H groups in total. The highest BCUT2D eigenvalue weighted by atomic mass is 79.9. The number of nitrogens with zero attached hydrogens (tertiary/aromatic N) is 2. The maximum atomic E-state index is 12.5. The first-order valence-electron chi connectivity index (χ1n) is 5.22. The fourth-order valence-electron chi connectivity index (χ4n) is 1.91. The summed E-state index contributed by atoms with van der Waals surface area (Å²) in [5, 5.41) is 4.05. The Morgan fingerprint density at radius 1 is 1.35 bits per heavy atom. The molecule has 2 heterocycles. The van der Waals surface area contributed by atoms with Gasteiger partial charge in [-0.05, 0) is 36.7 Å². The van der Waals surface area contributed by atoms with Crippen molar-refractivity contribution in [1.82, 2.24) is 9.78 Å². The summed E-state index contributed by atoms with van der Waals surface area (Å²) < 4.78 is 7.74. The molecule has 0 fully saturated rings. The molecular formula is C12H13BrN2O2. The quantitative estimate of drug-likeness (QED) is 0.801. The average Bonchev–Trinajstić information content (AvgIpc) is 2.69. The third-order valence-electron chi connectivity index (χ3n) is 2.90. The number of ketones is 1. The van der Waals surface area contributed by atoms with Crippen molar-refractivity contribution in [3.63, 3.8) is 0 Å². The number of aromatic nitrogens is 2. The maximum Gasteiger partial charge on any atom is 0.215 e. The molecular weight excluding hydrogens is 284 g/mol. The van der Waals surface area contributed by atoms with E-state index in [0.717, 1.165) is 11.3 Å². The largest absolute Gasteiger partial charge is 0.466 e. The Hall–Kier alpha value is -1.36. The molecule has 0 amide bonds. The molecule has 90 valence electrons. The minimum atomic E-state index is -0.0660. The van der Waals surface area contributed by atoms with Gasteiger partial charge in [0.15, 0.2) is 0 Å². The predicted molar refractivity (Wildman–Crippen MR) is 67.3 cm³/mol. The number of hydrogen-bond donors (Lipinski definition) is 0. The number of rotatable bonds is 2. The van der Waals surface area contributed by atoms with Crippen molar-refractivity contribution in [2.45, 2.75) is 20.8 Å².